The Morgan fingerprint density at radius 3 is 2.39 bits per heavy atom. The number of amides is 2. The summed E-state index contributed by atoms with van der Waals surface area (Å²) in [6.45, 7) is 6.05. The second kappa shape index (κ2) is 10.2. The smallest absolute Gasteiger partial charge is 0.407 e. The molecule has 1 aromatic rings. The third-order valence-corrected chi connectivity index (χ3v) is 3.00. The zero-order chi connectivity index (χ0) is 17.1. The molecule has 0 spiro atoms. The minimum Gasteiger partial charge on any atom is -0.445 e. The molecule has 0 aliphatic carbocycles. The Balaban J connectivity index is 2.17. The van der Waals surface area contributed by atoms with Crippen molar-refractivity contribution in [3.05, 3.63) is 48.0 Å². The van der Waals surface area contributed by atoms with Gasteiger partial charge in [0.2, 0.25) is 5.91 Å². The summed E-state index contributed by atoms with van der Waals surface area (Å²) in [5.74, 6) is -0.294. The number of Topliss-reactive ketones (excluding diaryl/α,β-unsaturated/α-hetero) is 1. The minimum atomic E-state index is -0.561. The number of aryl methyl sites for hydroxylation is 1. The molecule has 0 radical (unpaired) electrons. The van der Waals surface area contributed by atoms with Crippen LogP contribution in [0.4, 0.5) is 4.79 Å². The van der Waals surface area contributed by atoms with Gasteiger partial charge in [0.25, 0.3) is 0 Å². The Labute approximate surface area is 135 Å². The van der Waals surface area contributed by atoms with Gasteiger partial charge in [-0.3, -0.25) is 9.59 Å². The molecular weight excluding hydrogens is 296 g/mol. The van der Waals surface area contributed by atoms with Gasteiger partial charge in [0.15, 0.2) is 5.78 Å². The van der Waals surface area contributed by atoms with E-state index in [-0.39, 0.29) is 44.2 Å². The normalized spacial score (nSPS) is 9.78. The molecule has 23 heavy (non-hydrogen) atoms. The third kappa shape index (κ3) is 7.80. The first kappa shape index (κ1) is 18.4. The molecular formula is C17H22N2O4. The van der Waals surface area contributed by atoms with Crippen molar-refractivity contribution < 1.29 is 19.1 Å². The van der Waals surface area contributed by atoms with E-state index in [4.69, 9.17) is 4.74 Å². The van der Waals surface area contributed by atoms with Crippen LogP contribution < -0.4 is 10.6 Å². The van der Waals surface area contributed by atoms with Crippen molar-refractivity contribution in [1.29, 1.82) is 0 Å². The molecule has 0 unspecified atom stereocenters. The molecule has 1 aromatic carbocycles. The molecule has 2 amide bonds. The van der Waals surface area contributed by atoms with E-state index in [1.807, 2.05) is 19.1 Å². The van der Waals surface area contributed by atoms with Crippen LogP contribution in [0.25, 0.3) is 0 Å². The van der Waals surface area contributed by atoms with Gasteiger partial charge in [0, 0.05) is 31.5 Å². The van der Waals surface area contributed by atoms with Gasteiger partial charge in [0.1, 0.15) is 6.61 Å². The lowest BCUT2D eigenvalue weighted by atomic mass is 10.1. The monoisotopic (exact) mass is 318 g/mol. The molecule has 0 atom stereocenters. The highest BCUT2D eigenvalue weighted by molar-refractivity contribution is 5.97. The topological polar surface area (TPSA) is 84.5 Å². The van der Waals surface area contributed by atoms with Crippen LogP contribution in [0.5, 0.6) is 0 Å². The first-order valence-electron chi connectivity index (χ1n) is 7.41. The molecule has 6 nitrogen and oxygen atoms in total. The van der Waals surface area contributed by atoms with Crippen molar-refractivity contribution in [2.75, 3.05) is 19.7 Å². The molecule has 6 heteroatoms. The number of ketones is 1. The van der Waals surface area contributed by atoms with Gasteiger partial charge in [-0.15, -0.1) is 0 Å². The van der Waals surface area contributed by atoms with Crippen LogP contribution in [0.2, 0.25) is 0 Å². The predicted octanol–water partition coefficient (Wildman–Crippen LogP) is 1.99. The predicted molar refractivity (Wildman–Crippen MR) is 87.3 cm³/mol. The standard InChI is InChI=1S/C17H22N2O4/c1-3-12-23-17(22)19-11-10-18-16(21)9-8-15(20)14-6-4-13(2)5-7-14/h3-7H,1,8-12H2,2H3,(H,18,21)(H,19,22). The number of ether oxygens (including phenoxy) is 1. The fourth-order valence-electron chi connectivity index (χ4n) is 1.75. The van der Waals surface area contributed by atoms with Gasteiger partial charge >= 0.3 is 6.09 Å². The van der Waals surface area contributed by atoms with E-state index < -0.39 is 6.09 Å². The Kier molecular flexibility index (Phi) is 8.13. The summed E-state index contributed by atoms with van der Waals surface area (Å²) in [5, 5.41) is 5.11. The van der Waals surface area contributed by atoms with Crippen LogP contribution in [0.15, 0.2) is 36.9 Å². The zero-order valence-corrected chi connectivity index (χ0v) is 13.3. The summed E-state index contributed by atoms with van der Waals surface area (Å²) < 4.78 is 4.71. The molecule has 0 aromatic heterocycles. The lowest BCUT2D eigenvalue weighted by molar-refractivity contribution is -0.121. The number of alkyl carbamates (subject to hydrolysis) is 1. The summed E-state index contributed by atoms with van der Waals surface area (Å²) in [4.78, 5) is 34.7. The van der Waals surface area contributed by atoms with E-state index in [0.29, 0.717) is 5.56 Å². The third-order valence-electron chi connectivity index (χ3n) is 3.00. The lowest BCUT2D eigenvalue weighted by Gasteiger charge is -2.07. The van der Waals surface area contributed by atoms with Gasteiger partial charge in [-0.1, -0.05) is 42.5 Å². The van der Waals surface area contributed by atoms with Crippen molar-refractivity contribution in [2.45, 2.75) is 19.8 Å². The first-order valence-corrected chi connectivity index (χ1v) is 7.41. The van der Waals surface area contributed by atoms with Crippen molar-refractivity contribution in [2.24, 2.45) is 0 Å². The molecule has 0 bridgehead atoms. The SMILES string of the molecule is C=CCOC(=O)NCCNC(=O)CCC(=O)c1ccc(C)cc1. The van der Waals surface area contributed by atoms with Crippen LogP contribution in [-0.2, 0) is 9.53 Å². The number of nitrogens with one attached hydrogen (secondary N) is 2. The Hall–Kier alpha value is -2.63. The second-order valence-electron chi connectivity index (χ2n) is 4.95. The van der Waals surface area contributed by atoms with Crippen LogP contribution in [-0.4, -0.2) is 37.5 Å². The Morgan fingerprint density at radius 2 is 1.74 bits per heavy atom. The Morgan fingerprint density at radius 1 is 1.09 bits per heavy atom. The number of hydrogen-bond acceptors (Lipinski definition) is 4. The number of rotatable bonds is 9. The fourth-order valence-corrected chi connectivity index (χ4v) is 1.75. The Bertz CT molecular complexity index is 552. The summed E-state index contributed by atoms with van der Waals surface area (Å²) in [6, 6.07) is 7.25. The van der Waals surface area contributed by atoms with Gasteiger partial charge < -0.3 is 15.4 Å². The molecule has 1 rings (SSSR count). The maximum Gasteiger partial charge on any atom is 0.407 e. The molecule has 0 saturated carbocycles. The molecule has 124 valence electrons. The average molecular weight is 318 g/mol. The first-order chi connectivity index (χ1) is 11.0. The average Bonchev–Trinajstić information content (AvgIpc) is 2.55. The number of hydrogen-bond donors (Lipinski definition) is 2. The van der Waals surface area contributed by atoms with Gasteiger partial charge in [-0.05, 0) is 6.92 Å². The van der Waals surface area contributed by atoms with E-state index in [1.54, 1.807) is 12.1 Å². The number of carbonyl (C=O) groups excluding carboxylic acids is 3. The van der Waals surface area contributed by atoms with E-state index >= 15 is 0 Å². The fraction of sp³-hybridized carbons (Fsp3) is 0.353. The molecule has 0 aliphatic rings. The van der Waals surface area contributed by atoms with E-state index in [0.717, 1.165) is 5.56 Å². The quantitative estimate of drug-likeness (QED) is 0.414. The van der Waals surface area contributed by atoms with E-state index in [9.17, 15) is 14.4 Å². The highest BCUT2D eigenvalue weighted by atomic mass is 16.5. The minimum absolute atomic E-state index is 0.0636. The largest absolute Gasteiger partial charge is 0.445 e. The van der Waals surface area contributed by atoms with Crippen LogP contribution in [0, 0.1) is 6.92 Å². The van der Waals surface area contributed by atoms with Crippen LogP contribution in [0.3, 0.4) is 0 Å². The van der Waals surface area contributed by atoms with E-state index in [2.05, 4.69) is 17.2 Å². The summed E-state index contributed by atoms with van der Waals surface area (Å²) in [6.07, 6.45) is 1.18. The molecule has 0 heterocycles. The molecule has 2 N–H and O–H groups in total. The summed E-state index contributed by atoms with van der Waals surface area (Å²) in [5.41, 5.74) is 1.69. The van der Waals surface area contributed by atoms with Crippen LogP contribution in [0.1, 0.15) is 28.8 Å². The van der Waals surface area contributed by atoms with Crippen molar-refractivity contribution in [3.8, 4) is 0 Å². The number of carbonyl (C=O) groups is 3. The van der Waals surface area contributed by atoms with Gasteiger partial charge in [-0.2, -0.15) is 0 Å². The summed E-state index contributed by atoms with van der Waals surface area (Å²) in [7, 11) is 0. The van der Waals surface area contributed by atoms with Crippen molar-refractivity contribution >= 4 is 17.8 Å². The molecule has 0 saturated heterocycles. The van der Waals surface area contributed by atoms with Crippen molar-refractivity contribution in [1.82, 2.24) is 10.6 Å². The van der Waals surface area contributed by atoms with E-state index in [1.165, 1.54) is 6.08 Å². The lowest BCUT2D eigenvalue weighted by Crippen LogP contribution is -2.35. The molecule has 0 aliphatic heterocycles. The maximum absolute atomic E-state index is 11.9. The highest BCUT2D eigenvalue weighted by Gasteiger charge is 2.09. The zero-order valence-electron chi connectivity index (χ0n) is 13.3. The van der Waals surface area contributed by atoms with Crippen molar-refractivity contribution in [3.63, 3.8) is 0 Å². The van der Waals surface area contributed by atoms with Gasteiger partial charge in [0.05, 0.1) is 0 Å². The summed E-state index contributed by atoms with van der Waals surface area (Å²) >= 11 is 0. The molecule has 0 fully saturated rings. The highest BCUT2D eigenvalue weighted by Crippen LogP contribution is 2.07. The van der Waals surface area contributed by atoms with Gasteiger partial charge in [-0.25, -0.2) is 4.79 Å². The van der Waals surface area contributed by atoms with Crippen LogP contribution >= 0.6 is 0 Å². The maximum atomic E-state index is 11.9. The number of benzene rings is 1. The second-order valence-corrected chi connectivity index (χ2v) is 4.95.